The number of hydrogen-bond acceptors (Lipinski definition) is 4. The normalized spacial score (nSPS) is 22.1. The molecule has 0 radical (unpaired) electrons. The summed E-state index contributed by atoms with van der Waals surface area (Å²) < 4.78 is 5.34. The van der Waals surface area contributed by atoms with Crippen LogP contribution in [-0.4, -0.2) is 5.78 Å². The van der Waals surface area contributed by atoms with Gasteiger partial charge in [0.15, 0.2) is 11.5 Å². The topological polar surface area (TPSA) is 76.1 Å². The summed E-state index contributed by atoms with van der Waals surface area (Å²) in [7, 11) is 0. The summed E-state index contributed by atoms with van der Waals surface area (Å²) in [5, 5.41) is 9.30. The molecule has 1 aromatic carbocycles. The van der Waals surface area contributed by atoms with Crippen LogP contribution in [0.5, 0.6) is 0 Å². The maximum atomic E-state index is 11.8. The molecule has 0 saturated heterocycles. The molecule has 1 aromatic rings. The van der Waals surface area contributed by atoms with E-state index in [1.165, 1.54) is 0 Å². The van der Waals surface area contributed by atoms with Gasteiger partial charge in [-0.2, -0.15) is 5.26 Å². The molecule has 0 aromatic heterocycles. The molecule has 0 fully saturated rings. The van der Waals surface area contributed by atoms with Crippen molar-refractivity contribution in [2.75, 3.05) is 0 Å². The van der Waals surface area contributed by atoms with Crippen molar-refractivity contribution < 1.29 is 9.53 Å². The van der Waals surface area contributed by atoms with Gasteiger partial charge in [-0.3, -0.25) is 4.79 Å². The number of hydrogen-bond donors (Lipinski definition) is 1. The fourth-order valence-electron chi connectivity index (χ4n) is 2.67. The SMILES string of the molecule is N#CC1=C(N)OC2=C(CCC2=O)C1c1ccccc1. The second kappa shape index (κ2) is 4.29. The van der Waals surface area contributed by atoms with E-state index in [9.17, 15) is 10.1 Å². The van der Waals surface area contributed by atoms with Gasteiger partial charge in [-0.05, 0) is 17.6 Å². The van der Waals surface area contributed by atoms with Crippen LogP contribution in [0.3, 0.4) is 0 Å². The van der Waals surface area contributed by atoms with Crippen molar-refractivity contribution in [2.24, 2.45) is 5.73 Å². The highest BCUT2D eigenvalue weighted by molar-refractivity contribution is 5.98. The van der Waals surface area contributed by atoms with Crippen molar-refractivity contribution in [1.29, 1.82) is 5.26 Å². The lowest BCUT2D eigenvalue weighted by Gasteiger charge is -2.25. The molecule has 1 atom stereocenters. The van der Waals surface area contributed by atoms with E-state index in [4.69, 9.17) is 10.5 Å². The lowest BCUT2D eigenvalue weighted by atomic mass is 9.83. The van der Waals surface area contributed by atoms with E-state index in [0.717, 1.165) is 11.1 Å². The Balaban J connectivity index is 2.17. The second-order valence-corrected chi connectivity index (χ2v) is 4.61. The van der Waals surface area contributed by atoms with Gasteiger partial charge >= 0.3 is 0 Å². The molecule has 3 rings (SSSR count). The molecule has 1 heterocycles. The average molecular weight is 252 g/mol. The summed E-state index contributed by atoms with van der Waals surface area (Å²) in [6.45, 7) is 0. The van der Waals surface area contributed by atoms with Gasteiger partial charge in [0, 0.05) is 12.3 Å². The molecule has 1 aliphatic heterocycles. The molecule has 1 unspecified atom stereocenters. The monoisotopic (exact) mass is 252 g/mol. The first-order valence-electron chi connectivity index (χ1n) is 6.11. The molecular weight excluding hydrogens is 240 g/mol. The summed E-state index contributed by atoms with van der Waals surface area (Å²) in [6.07, 6.45) is 1.06. The molecule has 19 heavy (non-hydrogen) atoms. The summed E-state index contributed by atoms with van der Waals surface area (Å²) >= 11 is 0. The van der Waals surface area contributed by atoms with Gasteiger partial charge in [0.05, 0.1) is 0 Å². The molecule has 0 amide bonds. The Hall–Kier alpha value is -2.54. The molecule has 94 valence electrons. The molecule has 0 bridgehead atoms. The van der Waals surface area contributed by atoms with Crippen LogP contribution in [0, 0.1) is 11.3 Å². The minimum Gasteiger partial charge on any atom is -0.437 e. The van der Waals surface area contributed by atoms with Crippen LogP contribution >= 0.6 is 0 Å². The lowest BCUT2D eigenvalue weighted by Crippen LogP contribution is -2.20. The van der Waals surface area contributed by atoms with Crippen molar-refractivity contribution in [3.63, 3.8) is 0 Å². The lowest BCUT2D eigenvalue weighted by molar-refractivity contribution is -0.117. The van der Waals surface area contributed by atoms with Crippen molar-refractivity contribution >= 4 is 5.78 Å². The highest BCUT2D eigenvalue weighted by Gasteiger charge is 2.38. The summed E-state index contributed by atoms with van der Waals surface area (Å²) in [4.78, 5) is 11.8. The van der Waals surface area contributed by atoms with E-state index in [1.807, 2.05) is 30.3 Å². The van der Waals surface area contributed by atoms with Crippen LogP contribution in [0.1, 0.15) is 24.3 Å². The zero-order valence-corrected chi connectivity index (χ0v) is 10.2. The van der Waals surface area contributed by atoms with Crippen molar-refractivity contribution in [3.05, 3.63) is 58.7 Å². The first kappa shape index (κ1) is 11.5. The summed E-state index contributed by atoms with van der Waals surface area (Å²) in [6, 6.07) is 11.7. The van der Waals surface area contributed by atoms with Crippen molar-refractivity contribution in [3.8, 4) is 6.07 Å². The molecule has 0 saturated carbocycles. The summed E-state index contributed by atoms with van der Waals surface area (Å²) in [5.74, 6) is 0.105. The van der Waals surface area contributed by atoms with E-state index in [0.29, 0.717) is 24.2 Å². The largest absolute Gasteiger partial charge is 0.437 e. The predicted octanol–water partition coefficient (Wildman–Crippen LogP) is 2.11. The van der Waals surface area contributed by atoms with Crippen molar-refractivity contribution in [2.45, 2.75) is 18.8 Å². The maximum Gasteiger partial charge on any atom is 0.205 e. The average Bonchev–Trinajstić information content (AvgIpc) is 2.79. The van der Waals surface area contributed by atoms with E-state index in [1.54, 1.807) is 0 Å². The smallest absolute Gasteiger partial charge is 0.205 e. The van der Waals surface area contributed by atoms with Gasteiger partial charge in [0.1, 0.15) is 11.6 Å². The Morgan fingerprint density at radius 2 is 2.00 bits per heavy atom. The third-order valence-electron chi connectivity index (χ3n) is 3.53. The highest BCUT2D eigenvalue weighted by atomic mass is 16.5. The summed E-state index contributed by atoms with van der Waals surface area (Å²) in [5.41, 5.74) is 8.01. The zero-order valence-electron chi connectivity index (χ0n) is 10.2. The number of Topliss-reactive ketones (excluding diaryl/α,β-unsaturated/α-hetero) is 1. The maximum absolute atomic E-state index is 11.8. The van der Waals surface area contributed by atoms with Gasteiger partial charge in [0.2, 0.25) is 5.88 Å². The number of nitrogens with two attached hydrogens (primary N) is 1. The molecule has 0 spiro atoms. The van der Waals surface area contributed by atoms with Crippen LogP contribution in [0.15, 0.2) is 53.1 Å². The van der Waals surface area contributed by atoms with Crippen LogP contribution < -0.4 is 5.73 Å². The first-order chi connectivity index (χ1) is 9.22. The molecule has 4 heteroatoms. The molecule has 2 aliphatic rings. The zero-order chi connectivity index (χ0) is 13.4. The van der Waals surface area contributed by atoms with Gasteiger partial charge in [0.25, 0.3) is 0 Å². The fraction of sp³-hybridized carbons (Fsp3) is 0.200. The van der Waals surface area contributed by atoms with E-state index in [-0.39, 0.29) is 17.6 Å². The molecule has 2 N–H and O–H groups in total. The number of carbonyl (C=O) groups excluding carboxylic acids is 1. The minimum atomic E-state index is -0.249. The number of ether oxygens (including phenoxy) is 1. The van der Waals surface area contributed by atoms with E-state index < -0.39 is 0 Å². The number of benzene rings is 1. The predicted molar refractivity (Wildman–Crippen MR) is 68.4 cm³/mol. The highest BCUT2D eigenvalue weighted by Crippen LogP contribution is 2.44. The third-order valence-corrected chi connectivity index (χ3v) is 3.53. The van der Waals surface area contributed by atoms with E-state index >= 15 is 0 Å². The number of nitriles is 1. The Morgan fingerprint density at radius 3 is 2.68 bits per heavy atom. The number of ketones is 1. The quantitative estimate of drug-likeness (QED) is 0.830. The standard InChI is InChI=1S/C15H12N2O2/c16-8-11-13(9-4-2-1-3-5-9)10-6-7-12(18)14(10)19-15(11)17/h1-5,13H,6-7,17H2. The Labute approximate surface area is 110 Å². The van der Waals surface area contributed by atoms with Gasteiger partial charge < -0.3 is 10.5 Å². The van der Waals surface area contributed by atoms with Crippen LogP contribution in [0.25, 0.3) is 0 Å². The minimum absolute atomic E-state index is 0.0316. The van der Waals surface area contributed by atoms with Gasteiger partial charge in [-0.25, -0.2) is 0 Å². The molecule has 4 nitrogen and oxygen atoms in total. The number of allylic oxidation sites excluding steroid dienone is 3. The van der Waals surface area contributed by atoms with Crippen LogP contribution in [0.2, 0.25) is 0 Å². The van der Waals surface area contributed by atoms with Crippen molar-refractivity contribution in [1.82, 2.24) is 0 Å². The number of nitrogens with zero attached hydrogens (tertiary/aromatic N) is 1. The van der Waals surface area contributed by atoms with E-state index in [2.05, 4.69) is 6.07 Å². The third kappa shape index (κ3) is 1.71. The number of rotatable bonds is 1. The Bertz CT molecular complexity index is 650. The Morgan fingerprint density at radius 1 is 1.26 bits per heavy atom. The first-order valence-corrected chi connectivity index (χ1v) is 6.11. The Kier molecular flexibility index (Phi) is 2.60. The van der Waals surface area contributed by atoms with Crippen LogP contribution in [-0.2, 0) is 9.53 Å². The van der Waals surface area contributed by atoms with Gasteiger partial charge in [-0.15, -0.1) is 0 Å². The second-order valence-electron chi connectivity index (χ2n) is 4.61. The van der Waals surface area contributed by atoms with Gasteiger partial charge in [-0.1, -0.05) is 30.3 Å². The molecule has 1 aliphatic carbocycles. The van der Waals surface area contributed by atoms with Crippen LogP contribution in [0.4, 0.5) is 0 Å². The number of carbonyl (C=O) groups is 1. The molecular formula is C15H12N2O2. The fourth-order valence-corrected chi connectivity index (χ4v) is 2.67.